The van der Waals surface area contributed by atoms with E-state index in [1.54, 1.807) is 6.20 Å². The van der Waals surface area contributed by atoms with E-state index in [2.05, 4.69) is 20.5 Å². The van der Waals surface area contributed by atoms with E-state index in [0.717, 1.165) is 44.1 Å². The molecule has 0 saturated carbocycles. The van der Waals surface area contributed by atoms with Crippen LogP contribution in [0.25, 0.3) is 0 Å². The molecule has 0 aromatic carbocycles. The number of piperidine rings is 1. The minimum absolute atomic E-state index is 0.108. The second-order valence-corrected chi connectivity index (χ2v) is 6.03. The largest absolute Gasteiger partial charge is 0.355 e. The van der Waals surface area contributed by atoms with E-state index in [1.807, 2.05) is 12.1 Å². The lowest BCUT2D eigenvalue weighted by molar-refractivity contribution is -0.117. The Bertz CT molecular complexity index is 479. The monoisotopic (exact) mass is 288 g/mol. The summed E-state index contributed by atoms with van der Waals surface area (Å²) in [5, 5.41) is 6.42. The highest BCUT2D eigenvalue weighted by atomic mass is 16.1. The van der Waals surface area contributed by atoms with E-state index in [4.69, 9.17) is 0 Å². The number of carbonyl (C=O) groups is 1. The van der Waals surface area contributed by atoms with Gasteiger partial charge in [0.2, 0.25) is 5.91 Å². The van der Waals surface area contributed by atoms with Crippen LogP contribution in [0, 0.1) is 5.92 Å². The van der Waals surface area contributed by atoms with Gasteiger partial charge in [0, 0.05) is 25.7 Å². The maximum absolute atomic E-state index is 12.3. The number of rotatable bonds is 4. The maximum atomic E-state index is 12.3. The molecule has 1 aromatic rings. The van der Waals surface area contributed by atoms with E-state index in [-0.39, 0.29) is 5.91 Å². The summed E-state index contributed by atoms with van der Waals surface area (Å²) in [6.07, 6.45) is 7.13. The summed E-state index contributed by atoms with van der Waals surface area (Å²) < 4.78 is 0. The Labute approximate surface area is 126 Å². The molecule has 2 N–H and O–H groups in total. The number of pyridine rings is 1. The molecule has 3 rings (SSSR count). The molecule has 2 aliphatic heterocycles. The van der Waals surface area contributed by atoms with Crippen LogP contribution in [0.4, 0.5) is 11.5 Å². The highest BCUT2D eigenvalue weighted by molar-refractivity contribution is 5.93. The molecule has 0 spiro atoms. The highest BCUT2D eigenvalue weighted by Gasteiger charge is 2.20. The quantitative estimate of drug-likeness (QED) is 0.890. The van der Waals surface area contributed by atoms with Gasteiger partial charge in [-0.05, 0) is 56.8 Å². The number of carbonyl (C=O) groups excluding carboxylic acids is 1. The zero-order valence-corrected chi connectivity index (χ0v) is 12.5. The van der Waals surface area contributed by atoms with Gasteiger partial charge in [-0.25, -0.2) is 4.98 Å². The Balaban J connectivity index is 1.62. The second-order valence-electron chi connectivity index (χ2n) is 6.03. The summed E-state index contributed by atoms with van der Waals surface area (Å²) >= 11 is 0. The predicted molar refractivity (Wildman–Crippen MR) is 84.5 cm³/mol. The SMILES string of the molecule is O=C(CC1CCCNC1)Nc1cccnc1N1CCCC1. The van der Waals surface area contributed by atoms with Crippen molar-refractivity contribution in [3.8, 4) is 0 Å². The van der Waals surface area contributed by atoms with Gasteiger partial charge < -0.3 is 15.5 Å². The lowest BCUT2D eigenvalue weighted by Crippen LogP contribution is -2.32. The number of aromatic nitrogens is 1. The summed E-state index contributed by atoms with van der Waals surface area (Å²) in [6, 6.07) is 3.84. The molecule has 1 aromatic heterocycles. The Morgan fingerprint density at radius 3 is 3.00 bits per heavy atom. The number of hydrogen-bond donors (Lipinski definition) is 2. The van der Waals surface area contributed by atoms with Crippen molar-refractivity contribution >= 4 is 17.4 Å². The first-order valence-corrected chi connectivity index (χ1v) is 8.03. The summed E-state index contributed by atoms with van der Waals surface area (Å²) in [6.45, 7) is 4.11. The van der Waals surface area contributed by atoms with Gasteiger partial charge in [0.15, 0.2) is 5.82 Å². The van der Waals surface area contributed by atoms with Crippen LogP contribution in [0.15, 0.2) is 18.3 Å². The Hall–Kier alpha value is -1.62. The zero-order chi connectivity index (χ0) is 14.5. The summed E-state index contributed by atoms with van der Waals surface area (Å²) in [5.74, 6) is 1.49. The van der Waals surface area contributed by atoms with Crippen molar-refractivity contribution in [1.82, 2.24) is 10.3 Å². The molecule has 1 amide bonds. The number of nitrogens with one attached hydrogen (secondary N) is 2. The van der Waals surface area contributed by atoms with Crippen molar-refractivity contribution in [1.29, 1.82) is 0 Å². The Morgan fingerprint density at radius 1 is 1.38 bits per heavy atom. The smallest absolute Gasteiger partial charge is 0.224 e. The van der Waals surface area contributed by atoms with Crippen molar-refractivity contribution in [2.75, 3.05) is 36.4 Å². The average Bonchev–Trinajstić information content (AvgIpc) is 3.03. The number of anilines is 2. The van der Waals surface area contributed by atoms with E-state index in [0.29, 0.717) is 12.3 Å². The van der Waals surface area contributed by atoms with Crippen molar-refractivity contribution < 1.29 is 4.79 Å². The number of amides is 1. The molecular weight excluding hydrogens is 264 g/mol. The molecule has 1 unspecified atom stereocenters. The van der Waals surface area contributed by atoms with E-state index >= 15 is 0 Å². The standard InChI is InChI=1S/C16H24N4O/c21-15(11-13-5-3-7-17-12-13)19-14-6-4-8-18-16(14)20-9-1-2-10-20/h4,6,8,13,17H,1-3,5,7,9-12H2,(H,19,21). The number of hydrogen-bond acceptors (Lipinski definition) is 4. The van der Waals surface area contributed by atoms with Crippen LogP contribution in [-0.2, 0) is 4.79 Å². The first kappa shape index (κ1) is 14.3. The van der Waals surface area contributed by atoms with Gasteiger partial charge in [-0.1, -0.05) is 0 Å². The van der Waals surface area contributed by atoms with Crippen molar-refractivity contribution in [2.24, 2.45) is 5.92 Å². The predicted octanol–water partition coefficient (Wildman–Crippen LogP) is 2.01. The molecule has 2 fully saturated rings. The van der Waals surface area contributed by atoms with Crippen LogP contribution >= 0.6 is 0 Å². The summed E-state index contributed by atoms with van der Waals surface area (Å²) in [7, 11) is 0. The van der Waals surface area contributed by atoms with Gasteiger partial charge >= 0.3 is 0 Å². The lowest BCUT2D eigenvalue weighted by Gasteiger charge is -2.23. The molecule has 5 heteroatoms. The van der Waals surface area contributed by atoms with Gasteiger partial charge in [-0.15, -0.1) is 0 Å². The van der Waals surface area contributed by atoms with Crippen LogP contribution in [0.1, 0.15) is 32.1 Å². The minimum Gasteiger partial charge on any atom is -0.355 e. The highest BCUT2D eigenvalue weighted by Crippen LogP contribution is 2.26. The van der Waals surface area contributed by atoms with Crippen molar-refractivity contribution in [2.45, 2.75) is 32.1 Å². The fraction of sp³-hybridized carbons (Fsp3) is 0.625. The molecule has 2 aliphatic rings. The summed E-state index contributed by atoms with van der Waals surface area (Å²) in [4.78, 5) is 19.0. The van der Waals surface area contributed by atoms with Gasteiger partial charge in [0.05, 0.1) is 5.69 Å². The third kappa shape index (κ3) is 3.73. The van der Waals surface area contributed by atoms with E-state index in [9.17, 15) is 4.79 Å². The van der Waals surface area contributed by atoms with E-state index < -0.39 is 0 Å². The molecular formula is C16H24N4O. The minimum atomic E-state index is 0.108. The molecule has 0 bridgehead atoms. The van der Waals surface area contributed by atoms with Crippen LogP contribution in [-0.4, -0.2) is 37.1 Å². The average molecular weight is 288 g/mol. The molecule has 1 atom stereocenters. The molecule has 3 heterocycles. The van der Waals surface area contributed by atoms with Crippen LogP contribution in [0.2, 0.25) is 0 Å². The van der Waals surface area contributed by atoms with Gasteiger partial charge in [-0.3, -0.25) is 4.79 Å². The third-order valence-electron chi connectivity index (χ3n) is 4.34. The Morgan fingerprint density at radius 2 is 2.24 bits per heavy atom. The maximum Gasteiger partial charge on any atom is 0.224 e. The first-order chi connectivity index (χ1) is 10.3. The molecule has 2 saturated heterocycles. The fourth-order valence-electron chi connectivity index (χ4n) is 3.24. The molecule has 0 aliphatic carbocycles. The van der Waals surface area contributed by atoms with Crippen molar-refractivity contribution in [3.63, 3.8) is 0 Å². The first-order valence-electron chi connectivity index (χ1n) is 8.03. The van der Waals surface area contributed by atoms with Gasteiger partial charge in [0.1, 0.15) is 0 Å². The van der Waals surface area contributed by atoms with Gasteiger partial charge in [0.25, 0.3) is 0 Å². The van der Waals surface area contributed by atoms with Crippen molar-refractivity contribution in [3.05, 3.63) is 18.3 Å². The molecule has 21 heavy (non-hydrogen) atoms. The Kier molecular flexibility index (Phi) is 4.70. The molecule has 5 nitrogen and oxygen atoms in total. The second kappa shape index (κ2) is 6.89. The van der Waals surface area contributed by atoms with Crippen LogP contribution < -0.4 is 15.5 Å². The molecule has 114 valence electrons. The van der Waals surface area contributed by atoms with Crippen LogP contribution in [0.3, 0.4) is 0 Å². The number of nitrogens with zero attached hydrogens (tertiary/aromatic N) is 2. The molecule has 0 radical (unpaired) electrons. The fourth-order valence-corrected chi connectivity index (χ4v) is 3.24. The summed E-state index contributed by atoms with van der Waals surface area (Å²) in [5.41, 5.74) is 0.855. The third-order valence-corrected chi connectivity index (χ3v) is 4.34. The lowest BCUT2D eigenvalue weighted by atomic mass is 9.96. The van der Waals surface area contributed by atoms with Gasteiger partial charge in [-0.2, -0.15) is 0 Å². The van der Waals surface area contributed by atoms with E-state index in [1.165, 1.54) is 19.3 Å². The zero-order valence-electron chi connectivity index (χ0n) is 12.5. The van der Waals surface area contributed by atoms with Crippen LogP contribution in [0.5, 0.6) is 0 Å². The topological polar surface area (TPSA) is 57.3 Å². The normalized spacial score (nSPS) is 22.3.